The third-order valence-electron chi connectivity index (χ3n) is 3.50. The Bertz CT molecular complexity index is 781. The molecule has 0 bridgehead atoms. The summed E-state index contributed by atoms with van der Waals surface area (Å²) in [7, 11) is 1.51. The summed E-state index contributed by atoms with van der Waals surface area (Å²) >= 11 is 11.9. The molecule has 2 aromatic rings. The number of nitrogens with one attached hydrogen (secondary N) is 1. The summed E-state index contributed by atoms with van der Waals surface area (Å²) in [5.74, 6) is 0.0836. The van der Waals surface area contributed by atoms with Gasteiger partial charge in [0.2, 0.25) is 11.8 Å². The van der Waals surface area contributed by atoms with Crippen LogP contribution in [0.15, 0.2) is 42.5 Å². The first-order valence-electron chi connectivity index (χ1n) is 7.57. The van der Waals surface area contributed by atoms with Crippen LogP contribution in [0.1, 0.15) is 13.3 Å². The standard InChI is InChI=1S/C18H18Cl2N2O3/c1-12(23)22(15-5-3-4-13(19)10-15)9-8-18(24)21-16-11-14(20)6-7-17(16)25-2/h3-7,10-11H,8-9H2,1-2H3,(H,21,24). The quantitative estimate of drug-likeness (QED) is 0.808. The fraction of sp³-hybridized carbons (Fsp3) is 0.222. The molecule has 0 aliphatic rings. The zero-order chi connectivity index (χ0) is 18.4. The van der Waals surface area contributed by atoms with E-state index in [1.165, 1.54) is 18.9 Å². The molecule has 0 aromatic heterocycles. The molecule has 2 amide bonds. The average Bonchev–Trinajstić information content (AvgIpc) is 2.55. The van der Waals surface area contributed by atoms with E-state index in [4.69, 9.17) is 27.9 Å². The second-order valence-electron chi connectivity index (χ2n) is 5.29. The monoisotopic (exact) mass is 380 g/mol. The van der Waals surface area contributed by atoms with Crippen LogP contribution in [0.25, 0.3) is 0 Å². The van der Waals surface area contributed by atoms with Crippen LogP contribution in [-0.2, 0) is 9.59 Å². The number of halogens is 2. The molecule has 0 spiro atoms. The molecular formula is C18H18Cl2N2O3. The highest BCUT2D eigenvalue weighted by Gasteiger charge is 2.15. The Kier molecular flexibility index (Phi) is 6.67. The van der Waals surface area contributed by atoms with Crippen molar-refractivity contribution >= 4 is 46.4 Å². The van der Waals surface area contributed by atoms with Crippen molar-refractivity contribution in [3.05, 3.63) is 52.5 Å². The van der Waals surface area contributed by atoms with E-state index in [9.17, 15) is 9.59 Å². The van der Waals surface area contributed by atoms with E-state index >= 15 is 0 Å². The number of carbonyl (C=O) groups is 2. The topological polar surface area (TPSA) is 58.6 Å². The molecule has 0 unspecified atom stereocenters. The van der Waals surface area contributed by atoms with E-state index < -0.39 is 0 Å². The Morgan fingerprint density at radius 3 is 2.48 bits per heavy atom. The van der Waals surface area contributed by atoms with Gasteiger partial charge in [-0.25, -0.2) is 0 Å². The number of hydrogen-bond acceptors (Lipinski definition) is 3. The lowest BCUT2D eigenvalue weighted by Crippen LogP contribution is -2.32. The predicted molar refractivity (Wildman–Crippen MR) is 101 cm³/mol. The number of nitrogens with zero attached hydrogens (tertiary/aromatic N) is 1. The largest absolute Gasteiger partial charge is 0.495 e. The molecule has 2 rings (SSSR count). The van der Waals surface area contributed by atoms with Gasteiger partial charge >= 0.3 is 0 Å². The second kappa shape index (κ2) is 8.74. The number of ether oxygens (including phenoxy) is 1. The maximum absolute atomic E-state index is 12.2. The van der Waals surface area contributed by atoms with Gasteiger partial charge in [-0.15, -0.1) is 0 Å². The van der Waals surface area contributed by atoms with E-state index in [-0.39, 0.29) is 24.8 Å². The highest BCUT2D eigenvalue weighted by Crippen LogP contribution is 2.28. The maximum Gasteiger partial charge on any atom is 0.226 e. The second-order valence-corrected chi connectivity index (χ2v) is 6.17. The summed E-state index contributed by atoms with van der Waals surface area (Å²) in [6.07, 6.45) is 0.113. The Hall–Kier alpha value is -2.24. The zero-order valence-corrected chi connectivity index (χ0v) is 15.4. The van der Waals surface area contributed by atoms with E-state index in [0.717, 1.165) is 0 Å². The number of anilines is 2. The molecule has 7 heteroatoms. The van der Waals surface area contributed by atoms with Crippen molar-refractivity contribution in [2.24, 2.45) is 0 Å². The summed E-state index contributed by atoms with van der Waals surface area (Å²) in [6, 6.07) is 11.9. The Morgan fingerprint density at radius 1 is 1.12 bits per heavy atom. The summed E-state index contributed by atoms with van der Waals surface area (Å²) < 4.78 is 5.19. The lowest BCUT2D eigenvalue weighted by molar-refractivity contribution is -0.117. The van der Waals surface area contributed by atoms with Crippen LogP contribution in [0, 0.1) is 0 Å². The van der Waals surface area contributed by atoms with Crippen LogP contribution in [0.5, 0.6) is 5.75 Å². The number of rotatable bonds is 6. The lowest BCUT2D eigenvalue weighted by atomic mass is 10.2. The van der Waals surface area contributed by atoms with Crippen molar-refractivity contribution in [2.45, 2.75) is 13.3 Å². The van der Waals surface area contributed by atoms with E-state index in [1.807, 2.05) is 0 Å². The average molecular weight is 381 g/mol. The van der Waals surface area contributed by atoms with Crippen molar-refractivity contribution in [1.82, 2.24) is 0 Å². The van der Waals surface area contributed by atoms with Gasteiger partial charge < -0.3 is 15.0 Å². The molecule has 1 N–H and O–H groups in total. The van der Waals surface area contributed by atoms with Crippen molar-refractivity contribution in [1.29, 1.82) is 0 Å². The van der Waals surface area contributed by atoms with Gasteiger partial charge in [-0.05, 0) is 36.4 Å². The fourth-order valence-electron chi connectivity index (χ4n) is 2.32. The smallest absolute Gasteiger partial charge is 0.226 e. The molecule has 0 atom stereocenters. The zero-order valence-electron chi connectivity index (χ0n) is 13.9. The van der Waals surface area contributed by atoms with Crippen LogP contribution < -0.4 is 15.0 Å². The van der Waals surface area contributed by atoms with Crippen molar-refractivity contribution in [3.8, 4) is 5.75 Å². The van der Waals surface area contributed by atoms with Gasteiger partial charge in [0.1, 0.15) is 5.75 Å². The SMILES string of the molecule is COc1ccc(Cl)cc1NC(=O)CCN(C(C)=O)c1cccc(Cl)c1. The predicted octanol–water partition coefficient (Wildman–Crippen LogP) is 4.38. The molecular weight excluding hydrogens is 363 g/mol. The minimum absolute atomic E-state index is 0.113. The highest BCUT2D eigenvalue weighted by atomic mass is 35.5. The third kappa shape index (κ3) is 5.37. The van der Waals surface area contributed by atoms with Crippen molar-refractivity contribution in [2.75, 3.05) is 23.9 Å². The molecule has 132 valence electrons. The molecule has 0 saturated carbocycles. The lowest BCUT2D eigenvalue weighted by Gasteiger charge is -2.21. The highest BCUT2D eigenvalue weighted by molar-refractivity contribution is 6.31. The Labute approximate surface area is 156 Å². The summed E-state index contributed by atoms with van der Waals surface area (Å²) in [5, 5.41) is 3.76. The van der Waals surface area contributed by atoms with Crippen molar-refractivity contribution in [3.63, 3.8) is 0 Å². The van der Waals surface area contributed by atoms with Crippen molar-refractivity contribution < 1.29 is 14.3 Å². The Morgan fingerprint density at radius 2 is 1.84 bits per heavy atom. The van der Waals surface area contributed by atoms with E-state index in [0.29, 0.717) is 27.2 Å². The number of hydrogen-bond donors (Lipinski definition) is 1. The van der Waals surface area contributed by atoms with Gasteiger partial charge in [0.15, 0.2) is 0 Å². The van der Waals surface area contributed by atoms with Crippen LogP contribution in [-0.4, -0.2) is 25.5 Å². The van der Waals surface area contributed by atoms with Gasteiger partial charge in [-0.3, -0.25) is 9.59 Å². The Balaban J connectivity index is 2.05. The minimum Gasteiger partial charge on any atom is -0.495 e. The molecule has 0 radical (unpaired) electrons. The molecule has 0 heterocycles. The first-order chi connectivity index (χ1) is 11.9. The summed E-state index contributed by atoms with van der Waals surface area (Å²) in [5.41, 5.74) is 1.13. The first kappa shape index (κ1) is 19.1. The van der Waals surface area contributed by atoms with Gasteiger partial charge in [-0.2, -0.15) is 0 Å². The number of amides is 2. The van der Waals surface area contributed by atoms with Gasteiger partial charge in [0, 0.05) is 35.6 Å². The molecule has 2 aromatic carbocycles. The number of carbonyl (C=O) groups excluding carboxylic acids is 2. The van der Waals surface area contributed by atoms with Crippen LogP contribution in [0.2, 0.25) is 10.0 Å². The third-order valence-corrected chi connectivity index (χ3v) is 3.97. The summed E-state index contributed by atoms with van der Waals surface area (Å²) in [6.45, 7) is 1.67. The molecule has 5 nitrogen and oxygen atoms in total. The first-order valence-corrected chi connectivity index (χ1v) is 8.33. The normalized spacial score (nSPS) is 10.2. The minimum atomic E-state index is -0.256. The molecule has 0 aliphatic carbocycles. The van der Waals surface area contributed by atoms with Crippen LogP contribution in [0.4, 0.5) is 11.4 Å². The summed E-state index contributed by atoms with van der Waals surface area (Å²) in [4.78, 5) is 25.6. The van der Waals surface area contributed by atoms with Crippen LogP contribution >= 0.6 is 23.2 Å². The van der Waals surface area contributed by atoms with Gasteiger partial charge in [0.25, 0.3) is 0 Å². The maximum atomic E-state index is 12.2. The van der Waals surface area contributed by atoms with Gasteiger partial charge in [0.05, 0.1) is 12.8 Å². The number of methoxy groups -OCH3 is 1. The van der Waals surface area contributed by atoms with Crippen LogP contribution in [0.3, 0.4) is 0 Å². The molecule has 0 saturated heterocycles. The molecule has 0 aliphatic heterocycles. The fourth-order valence-corrected chi connectivity index (χ4v) is 2.67. The van der Waals surface area contributed by atoms with E-state index in [1.54, 1.807) is 42.5 Å². The number of benzene rings is 2. The molecule has 0 fully saturated rings. The van der Waals surface area contributed by atoms with Gasteiger partial charge in [-0.1, -0.05) is 29.3 Å². The molecule has 25 heavy (non-hydrogen) atoms. The van der Waals surface area contributed by atoms with E-state index in [2.05, 4.69) is 5.32 Å².